The molecule has 0 saturated heterocycles. The van der Waals surface area contributed by atoms with Gasteiger partial charge in [0, 0.05) is 18.1 Å². The molecule has 0 radical (unpaired) electrons. The lowest BCUT2D eigenvalue weighted by Gasteiger charge is -2.20. The van der Waals surface area contributed by atoms with E-state index in [1.807, 2.05) is 0 Å². The van der Waals surface area contributed by atoms with E-state index in [4.69, 9.17) is 14.2 Å². The van der Waals surface area contributed by atoms with Crippen molar-refractivity contribution < 1.29 is 49.6 Å². The normalized spacial score (nSPS) is 12.8. The molecule has 14 heteroatoms. The number of aromatic nitrogens is 2. The van der Waals surface area contributed by atoms with Crippen molar-refractivity contribution in [3.05, 3.63) is 35.7 Å². The fourth-order valence-corrected chi connectivity index (χ4v) is 4.02. The molecule has 202 valence electrons. The molecule has 3 rings (SSSR count). The minimum Gasteiger partial charge on any atom is -0.458 e. The van der Waals surface area contributed by atoms with Crippen LogP contribution in [0.3, 0.4) is 0 Å². The smallest absolute Gasteiger partial charge is 0.458 e. The number of hydrogen-bond donors (Lipinski definition) is 0. The summed E-state index contributed by atoms with van der Waals surface area (Å²) in [6, 6.07) is 3.56. The molecule has 3 aromatic rings. The third-order valence-corrected chi connectivity index (χ3v) is 5.75. The van der Waals surface area contributed by atoms with Crippen molar-refractivity contribution in [3.63, 3.8) is 0 Å². The van der Waals surface area contributed by atoms with Gasteiger partial charge < -0.3 is 18.4 Å². The minimum absolute atomic E-state index is 0.00129. The molecule has 0 aliphatic heterocycles. The fourth-order valence-electron chi connectivity index (χ4n) is 3.55. The van der Waals surface area contributed by atoms with Crippen molar-refractivity contribution in [2.45, 2.75) is 58.4 Å². The first kappa shape index (κ1) is 28.2. The lowest BCUT2D eigenvalue weighted by Crippen LogP contribution is -2.28. The molecule has 0 fully saturated rings. The van der Waals surface area contributed by atoms with E-state index in [2.05, 4.69) is 9.17 Å². The summed E-state index contributed by atoms with van der Waals surface area (Å²) in [5.41, 5.74) is -6.91. The third-order valence-electron chi connectivity index (χ3n) is 4.78. The first-order valence-corrected chi connectivity index (χ1v) is 12.3. The van der Waals surface area contributed by atoms with Crippen molar-refractivity contribution >= 4 is 44.0 Å². The molecule has 2 aromatic heterocycles. The average Bonchev–Trinajstić information content (AvgIpc) is 3.07. The van der Waals surface area contributed by atoms with E-state index in [9.17, 15) is 31.2 Å². The van der Waals surface area contributed by atoms with Crippen LogP contribution in [0, 0.1) is 0 Å². The van der Waals surface area contributed by atoms with Gasteiger partial charge in [0.25, 0.3) is 0 Å². The number of benzene rings is 1. The first-order chi connectivity index (χ1) is 17.0. The second-order valence-corrected chi connectivity index (χ2v) is 10.7. The molecule has 10 nitrogen and oxygen atoms in total. The second-order valence-electron chi connectivity index (χ2n) is 9.18. The molecule has 0 atom stereocenters. The van der Waals surface area contributed by atoms with E-state index >= 15 is 0 Å². The van der Waals surface area contributed by atoms with Crippen molar-refractivity contribution in [2.75, 3.05) is 7.11 Å². The Morgan fingerprint density at radius 2 is 1.73 bits per heavy atom. The number of alkyl halides is 3. The fraction of sp³-hybridized carbons (Fsp3) is 0.435. The van der Waals surface area contributed by atoms with Gasteiger partial charge in [0.05, 0.1) is 35.3 Å². The molecule has 0 spiro atoms. The molecule has 0 aliphatic rings. The molecular weight excluding hydrogens is 521 g/mol. The van der Waals surface area contributed by atoms with E-state index in [0.29, 0.717) is 0 Å². The van der Waals surface area contributed by atoms with Crippen molar-refractivity contribution in [1.29, 1.82) is 0 Å². The largest absolute Gasteiger partial charge is 0.534 e. The van der Waals surface area contributed by atoms with Gasteiger partial charge in [-0.3, -0.25) is 0 Å². The van der Waals surface area contributed by atoms with Crippen molar-refractivity contribution in [3.8, 4) is 5.75 Å². The topological polar surface area (TPSA) is 123 Å². The number of hydrogen-bond acceptors (Lipinski definition) is 9. The van der Waals surface area contributed by atoms with Crippen LogP contribution >= 0.6 is 0 Å². The Bertz CT molecular complexity index is 1470. The predicted octanol–water partition coefficient (Wildman–Crippen LogP) is 4.91. The van der Waals surface area contributed by atoms with Crippen LogP contribution in [0.25, 0.3) is 21.8 Å². The number of rotatable bonds is 6. The SMILES string of the molecule is COCc1c(C(=O)OC(C)C)ncc2c1c1c(OS(=O)(=O)C(F)(F)F)cccc1n2C(=O)OC(C)(C)C. The number of nitrogens with zero attached hydrogens (tertiary/aromatic N) is 2. The zero-order valence-electron chi connectivity index (χ0n) is 20.8. The van der Waals surface area contributed by atoms with Crippen molar-refractivity contribution in [1.82, 2.24) is 9.55 Å². The number of halogens is 3. The lowest BCUT2D eigenvalue weighted by atomic mass is 10.1. The highest BCUT2D eigenvalue weighted by molar-refractivity contribution is 7.88. The van der Waals surface area contributed by atoms with Gasteiger partial charge in [-0.2, -0.15) is 21.6 Å². The number of ether oxygens (including phenoxy) is 3. The first-order valence-electron chi connectivity index (χ1n) is 10.9. The summed E-state index contributed by atoms with van der Waals surface area (Å²) >= 11 is 0. The van der Waals surface area contributed by atoms with Gasteiger partial charge >= 0.3 is 27.7 Å². The number of methoxy groups -OCH3 is 1. The Kier molecular flexibility index (Phi) is 7.48. The Morgan fingerprint density at radius 3 is 2.27 bits per heavy atom. The molecule has 0 amide bonds. The molecule has 0 saturated carbocycles. The minimum atomic E-state index is -6.08. The summed E-state index contributed by atoms with van der Waals surface area (Å²) in [6.07, 6.45) is -0.317. The van der Waals surface area contributed by atoms with Crippen LogP contribution in [0.1, 0.15) is 50.7 Å². The molecule has 2 heterocycles. The van der Waals surface area contributed by atoms with Crippen molar-refractivity contribution in [2.24, 2.45) is 0 Å². The third kappa shape index (κ3) is 5.64. The van der Waals surface area contributed by atoms with Gasteiger partial charge in [-0.15, -0.1) is 0 Å². The molecule has 0 bridgehead atoms. The van der Waals surface area contributed by atoms with E-state index in [0.717, 1.165) is 16.8 Å². The zero-order chi connectivity index (χ0) is 27.9. The van der Waals surface area contributed by atoms with Gasteiger partial charge in [-0.25, -0.2) is 19.1 Å². The van der Waals surface area contributed by atoms with Crippen LogP contribution in [0.2, 0.25) is 0 Å². The summed E-state index contributed by atoms with van der Waals surface area (Å²) < 4.78 is 84.6. The summed E-state index contributed by atoms with van der Waals surface area (Å²) in [5.74, 6) is -1.59. The van der Waals surface area contributed by atoms with Gasteiger partial charge in [-0.05, 0) is 46.8 Å². The second kappa shape index (κ2) is 9.82. The number of carbonyl (C=O) groups excluding carboxylic acids is 2. The Morgan fingerprint density at radius 1 is 1.08 bits per heavy atom. The molecule has 0 aliphatic carbocycles. The summed E-state index contributed by atoms with van der Waals surface area (Å²) in [7, 11) is -4.78. The number of carbonyl (C=O) groups is 2. The Hall–Kier alpha value is -3.39. The van der Waals surface area contributed by atoms with E-state index in [1.165, 1.54) is 19.2 Å². The highest BCUT2D eigenvalue weighted by Crippen LogP contribution is 2.40. The van der Waals surface area contributed by atoms with E-state index in [-0.39, 0.29) is 39.7 Å². The highest BCUT2D eigenvalue weighted by atomic mass is 32.2. The van der Waals surface area contributed by atoms with Gasteiger partial charge in [0.2, 0.25) is 0 Å². The van der Waals surface area contributed by atoms with Crippen LogP contribution in [0.15, 0.2) is 24.4 Å². The van der Waals surface area contributed by atoms with Crippen LogP contribution in [0.4, 0.5) is 18.0 Å². The monoisotopic (exact) mass is 546 g/mol. The van der Waals surface area contributed by atoms with Crippen LogP contribution in [-0.2, 0) is 30.9 Å². The summed E-state index contributed by atoms with van der Waals surface area (Å²) in [4.78, 5) is 30.1. The standard InChI is InChI=1S/C23H25F3N2O8S/c1-12(2)34-20(29)19-13(11-33-6)17-15(10-27-19)28(21(30)35-22(3,4)5)14-8-7-9-16(18(14)17)36-37(31,32)23(24,25)26/h7-10,12H,11H2,1-6H3. The molecule has 0 N–H and O–H groups in total. The molecule has 0 unspecified atom stereocenters. The maximum absolute atomic E-state index is 13.2. The summed E-state index contributed by atoms with van der Waals surface area (Å²) in [6.45, 7) is 7.75. The van der Waals surface area contributed by atoms with E-state index < -0.39 is 45.1 Å². The van der Waals surface area contributed by atoms with Crippen LogP contribution in [0.5, 0.6) is 5.75 Å². The quantitative estimate of drug-likeness (QED) is 0.241. The lowest BCUT2D eigenvalue weighted by molar-refractivity contribution is -0.0499. The number of esters is 1. The van der Waals surface area contributed by atoms with E-state index in [1.54, 1.807) is 34.6 Å². The predicted molar refractivity (Wildman–Crippen MR) is 126 cm³/mol. The van der Waals surface area contributed by atoms with Crippen LogP contribution in [-0.4, -0.2) is 54.4 Å². The zero-order valence-corrected chi connectivity index (χ0v) is 21.6. The number of pyridine rings is 1. The van der Waals surface area contributed by atoms with Gasteiger partial charge in [-0.1, -0.05) is 6.07 Å². The summed E-state index contributed by atoms with van der Waals surface area (Å²) in [5, 5.41) is -0.203. The average molecular weight is 547 g/mol. The van der Waals surface area contributed by atoms with Gasteiger partial charge in [0.15, 0.2) is 11.4 Å². The van der Waals surface area contributed by atoms with Gasteiger partial charge in [0.1, 0.15) is 5.60 Å². The molecular formula is C23H25F3N2O8S. The molecule has 37 heavy (non-hydrogen) atoms. The number of fused-ring (bicyclic) bond motifs is 3. The Balaban J connectivity index is 2.49. The maximum atomic E-state index is 13.2. The Labute approximate surface area is 210 Å². The maximum Gasteiger partial charge on any atom is 0.534 e. The molecule has 1 aromatic carbocycles. The highest BCUT2D eigenvalue weighted by Gasteiger charge is 2.49. The van der Waals surface area contributed by atoms with Crippen LogP contribution < -0.4 is 4.18 Å².